The van der Waals surface area contributed by atoms with Crippen LogP contribution >= 0.6 is 22.7 Å². The highest BCUT2D eigenvalue weighted by atomic mass is 32.1. The highest BCUT2D eigenvalue weighted by Gasteiger charge is 2.12. The van der Waals surface area contributed by atoms with Gasteiger partial charge in [-0.15, -0.1) is 11.3 Å². The number of nitrogens with zero attached hydrogens (tertiary/aromatic N) is 1. The Morgan fingerprint density at radius 3 is 2.77 bits per heavy atom. The van der Waals surface area contributed by atoms with E-state index in [0.717, 1.165) is 22.7 Å². The minimum atomic E-state index is -1.08. The fraction of sp³-hybridized carbons (Fsp3) is 0.0667. The third-order valence-corrected chi connectivity index (χ3v) is 4.45. The van der Waals surface area contributed by atoms with Crippen molar-refractivity contribution in [3.05, 3.63) is 63.3 Å². The Bertz CT molecular complexity index is 800. The van der Waals surface area contributed by atoms with E-state index in [-0.39, 0.29) is 12.2 Å². The molecule has 0 bridgehead atoms. The monoisotopic (exact) mass is 337 g/mol. The molecule has 1 aromatic carbocycles. The molecule has 0 atom stereocenters. The van der Waals surface area contributed by atoms with Crippen molar-refractivity contribution in [1.82, 2.24) is 4.98 Å². The molecule has 0 radical (unpaired) electrons. The van der Waals surface area contributed by atoms with Crippen LogP contribution in [-0.2, 0) is 11.3 Å². The fourth-order valence-electron chi connectivity index (χ4n) is 1.74. The summed E-state index contributed by atoms with van der Waals surface area (Å²) in [5.41, 5.74) is 1.60. The molecule has 0 saturated heterocycles. The van der Waals surface area contributed by atoms with Crippen LogP contribution < -0.4 is 0 Å². The van der Waals surface area contributed by atoms with E-state index in [2.05, 4.69) is 4.98 Å². The minimum Gasteiger partial charge on any atom is -0.456 e. The first-order valence-corrected chi connectivity index (χ1v) is 8.05. The quantitative estimate of drug-likeness (QED) is 0.658. The average molecular weight is 337 g/mol. The Balaban J connectivity index is 1.65. The van der Waals surface area contributed by atoms with Crippen LogP contribution in [0.1, 0.15) is 16.1 Å². The van der Waals surface area contributed by atoms with Gasteiger partial charge >= 0.3 is 5.97 Å². The number of benzene rings is 1. The molecule has 2 heterocycles. The van der Waals surface area contributed by atoms with Crippen LogP contribution in [0.5, 0.6) is 0 Å². The van der Waals surface area contributed by atoms with Gasteiger partial charge in [0.1, 0.15) is 11.6 Å². The summed E-state index contributed by atoms with van der Waals surface area (Å²) < 4.78 is 30.9. The first kappa shape index (κ1) is 14.8. The Morgan fingerprint density at radius 1 is 1.18 bits per heavy atom. The summed E-state index contributed by atoms with van der Waals surface area (Å²) in [6.07, 6.45) is 0. The van der Waals surface area contributed by atoms with Crippen LogP contribution in [0.2, 0.25) is 0 Å². The van der Waals surface area contributed by atoms with Crippen molar-refractivity contribution in [1.29, 1.82) is 0 Å². The number of carbonyl (C=O) groups excluding carboxylic acids is 1. The van der Waals surface area contributed by atoms with Gasteiger partial charge in [-0.25, -0.2) is 18.6 Å². The maximum Gasteiger partial charge on any atom is 0.338 e. The van der Waals surface area contributed by atoms with Gasteiger partial charge in [0.25, 0.3) is 0 Å². The normalized spacial score (nSPS) is 10.6. The largest absolute Gasteiger partial charge is 0.456 e. The average Bonchev–Trinajstić information content (AvgIpc) is 3.18. The summed E-state index contributed by atoms with van der Waals surface area (Å²) >= 11 is 3.03. The van der Waals surface area contributed by atoms with Gasteiger partial charge in [0.2, 0.25) is 0 Å². The second-order valence-corrected chi connectivity index (χ2v) is 6.00. The predicted octanol–water partition coefficient (Wildman–Crippen LogP) is 4.51. The van der Waals surface area contributed by atoms with Crippen LogP contribution in [0.3, 0.4) is 0 Å². The van der Waals surface area contributed by atoms with Crippen molar-refractivity contribution in [2.45, 2.75) is 6.61 Å². The Hall–Kier alpha value is -2.12. The number of rotatable bonds is 4. The standard InChI is InChI=1S/C15H9F2NO2S2/c16-12-2-1-9(5-13(12)17)15(19)20-6-11-8-22-14(18-11)10-3-4-21-7-10/h1-5,7-8H,6H2. The van der Waals surface area contributed by atoms with E-state index in [1.807, 2.05) is 16.8 Å². The third kappa shape index (κ3) is 3.20. The molecule has 0 N–H and O–H groups in total. The molecule has 0 saturated carbocycles. The number of halogens is 2. The van der Waals surface area contributed by atoms with Crippen LogP contribution in [-0.4, -0.2) is 11.0 Å². The van der Waals surface area contributed by atoms with Crippen molar-refractivity contribution in [3.8, 4) is 10.6 Å². The molecule has 3 rings (SSSR count). The summed E-state index contributed by atoms with van der Waals surface area (Å²) in [6, 6.07) is 4.85. The van der Waals surface area contributed by atoms with E-state index < -0.39 is 17.6 Å². The van der Waals surface area contributed by atoms with Gasteiger partial charge in [0.05, 0.1) is 11.3 Å². The summed E-state index contributed by atoms with van der Waals surface area (Å²) in [6.45, 7) is -0.0154. The molecular formula is C15H9F2NO2S2. The summed E-state index contributed by atoms with van der Waals surface area (Å²) in [7, 11) is 0. The first-order chi connectivity index (χ1) is 10.6. The van der Waals surface area contributed by atoms with E-state index in [1.165, 1.54) is 17.4 Å². The fourth-order valence-corrected chi connectivity index (χ4v) is 3.25. The number of ether oxygens (including phenoxy) is 1. The summed E-state index contributed by atoms with van der Waals surface area (Å²) in [5.74, 6) is -2.80. The second-order valence-electron chi connectivity index (χ2n) is 4.36. The lowest BCUT2D eigenvalue weighted by Gasteiger charge is -2.03. The van der Waals surface area contributed by atoms with Crippen LogP contribution in [0, 0.1) is 11.6 Å². The van der Waals surface area contributed by atoms with Crippen molar-refractivity contribution in [2.24, 2.45) is 0 Å². The molecule has 0 fully saturated rings. The number of carbonyl (C=O) groups is 1. The molecule has 0 aliphatic carbocycles. The molecule has 112 valence electrons. The molecule has 3 aromatic rings. The lowest BCUT2D eigenvalue weighted by molar-refractivity contribution is 0.0468. The van der Waals surface area contributed by atoms with E-state index in [1.54, 1.807) is 16.7 Å². The maximum atomic E-state index is 13.1. The zero-order chi connectivity index (χ0) is 15.5. The predicted molar refractivity (Wildman–Crippen MR) is 80.9 cm³/mol. The molecule has 0 aliphatic heterocycles. The van der Waals surface area contributed by atoms with E-state index in [0.29, 0.717) is 5.69 Å². The minimum absolute atomic E-state index is 0.0154. The van der Waals surface area contributed by atoms with Crippen molar-refractivity contribution < 1.29 is 18.3 Å². The van der Waals surface area contributed by atoms with Gasteiger partial charge in [-0.3, -0.25) is 0 Å². The lowest BCUT2D eigenvalue weighted by Crippen LogP contribution is -2.06. The van der Waals surface area contributed by atoms with Crippen LogP contribution in [0.25, 0.3) is 10.6 Å². The number of thiophene rings is 1. The molecule has 22 heavy (non-hydrogen) atoms. The SMILES string of the molecule is O=C(OCc1csc(-c2ccsc2)n1)c1ccc(F)c(F)c1. The molecule has 7 heteroatoms. The van der Waals surface area contributed by atoms with E-state index in [9.17, 15) is 13.6 Å². The lowest BCUT2D eigenvalue weighted by atomic mass is 10.2. The Labute approximate surface area is 132 Å². The van der Waals surface area contributed by atoms with Gasteiger partial charge in [0, 0.05) is 16.3 Å². The maximum absolute atomic E-state index is 13.1. The zero-order valence-corrected chi connectivity index (χ0v) is 12.7. The molecule has 0 spiro atoms. The van der Waals surface area contributed by atoms with Crippen LogP contribution in [0.15, 0.2) is 40.4 Å². The molecule has 0 amide bonds. The number of hydrogen-bond donors (Lipinski definition) is 0. The summed E-state index contributed by atoms with van der Waals surface area (Å²) in [5, 5.41) is 6.58. The first-order valence-electron chi connectivity index (χ1n) is 6.22. The van der Waals surface area contributed by atoms with Crippen molar-refractivity contribution in [2.75, 3.05) is 0 Å². The van der Waals surface area contributed by atoms with Gasteiger partial charge in [0.15, 0.2) is 11.6 Å². The highest BCUT2D eigenvalue weighted by Crippen LogP contribution is 2.26. The van der Waals surface area contributed by atoms with Gasteiger partial charge in [-0.1, -0.05) is 0 Å². The number of thiazole rings is 1. The van der Waals surface area contributed by atoms with Crippen molar-refractivity contribution in [3.63, 3.8) is 0 Å². The van der Waals surface area contributed by atoms with Crippen molar-refractivity contribution >= 4 is 28.6 Å². The van der Waals surface area contributed by atoms with Gasteiger partial charge in [-0.05, 0) is 29.6 Å². The Morgan fingerprint density at radius 2 is 2.05 bits per heavy atom. The molecule has 2 aromatic heterocycles. The van der Waals surface area contributed by atoms with E-state index >= 15 is 0 Å². The molecule has 0 aliphatic rings. The Kier molecular flexibility index (Phi) is 4.26. The zero-order valence-electron chi connectivity index (χ0n) is 11.1. The molecule has 3 nitrogen and oxygen atoms in total. The molecule has 0 unspecified atom stereocenters. The number of esters is 1. The number of aromatic nitrogens is 1. The van der Waals surface area contributed by atoms with Gasteiger partial charge in [-0.2, -0.15) is 11.3 Å². The van der Waals surface area contributed by atoms with Crippen LogP contribution in [0.4, 0.5) is 8.78 Å². The second kappa shape index (κ2) is 6.33. The summed E-state index contributed by atoms with van der Waals surface area (Å²) in [4.78, 5) is 16.1. The third-order valence-electron chi connectivity index (χ3n) is 2.83. The topological polar surface area (TPSA) is 39.2 Å². The van der Waals surface area contributed by atoms with Gasteiger partial charge < -0.3 is 4.74 Å². The number of hydrogen-bond acceptors (Lipinski definition) is 5. The smallest absolute Gasteiger partial charge is 0.338 e. The molecular weight excluding hydrogens is 328 g/mol. The highest BCUT2D eigenvalue weighted by molar-refractivity contribution is 7.14. The van der Waals surface area contributed by atoms with E-state index in [4.69, 9.17) is 4.74 Å².